The van der Waals surface area contributed by atoms with Crippen LogP contribution in [0.2, 0.25) is 0 Å². The van der Waals surface area contributed by atoms with Gasteiger partial charge in [0, 0.05) is 25.2 Å². The quantitative estimate of drug-likeness (QED) is 0.399. The lowest BCUT2D eigenvalue weighted by atomic mass is 9.84. The lowest BCUT2D eigenvalue weighted by Gasteiger charge is -2.24. The zero-order chi connectivity index (χ0) is 12.9. The first-order valence-electron chi connectivity index (χ1n) is 5.53. The van der Waals surface area contributed by atoms with Gasteiger partial charge in [0.1, 0.15) is 0 Å². The van der Waals surface area contributed by atoms with E-state index in [1.165, 1.54) is 13.8 Å². The minimum absolute atomic E-state index is 0.0401. The van der Waals surface area contributed by atoms with Crippen LogP contribution in [0.5, 0.6) is 0 Å². The van der Waals surface area contributed by atoms with Crippen molar-refractivity contribution >= 4 is 5.97 Å². The molecular weight excluding hydrogens is 210 g/mol. The Kier molecular flexibility index (Phi) is 5.41. The van der Waals surface area contributed by atoms with Gasteiger partial charge in [-0.15, -0.1) is 0 Å². The lowest BCUT2D eigenvalue weighted by Crippen LogP contribution is -2.37. The number of carbonyl (C=O) groups is 1. The Morgan fingerprint density at radius 2 is 1.94 bits per heavy atom. The van der Waals surface area contributed by atoms with Gasteiger partial charge in [0.05, 0.1) is 12.5 Å². The van der Waals surface area contributed by atoms with Crippen LogP contribution in [0.15, 0.2) is 0 Å². The molecule has 0 saturated carbocycles. The van der Waals surface area contributed by atoms with Gasteiger partial charge in [-0.1, -0.05) is 13.8 Å². The van der Waals surface area contributed by atoms with Crippen molar-refractivity contribution in [1.82, 2.24) is 0 Å². The average Bonchev–Trinajstić information content (AvgIpc) is 2.13. The van der Waals surface area contributed by atoms with Gasteiger partial charge in [-0.2, -0.15) is 0 Å². The van der Waals surface area contributed by atoms with E-state index in [0.29, 0.717) is 6.61 Å². The van der Waals surface area contributed by atoms with E-state index >= 15 is 0 Å². The van der Waals surface area contributed by atoms with Crippen LogP contribution in [0, 0.1) is 22.0 Å². The SMILES string of the molecule is CCOC(=O)C(CC(C)(C)[N+](=O)[O-])C(C)C. The molecule has 0 bridgehead atoms. The fourth-order valence-corrected chi connectivity index (χ4v) is 1.45. The summed E-state index contributed by atoms with van der Waals surface area (Å²) in [7, 11) is 0. The van der Waals surface area contributed by atoms with E-state index in [4.69, 9.17) is 4.74 Å². The lowest BCUT2D eigenvalue weighted by molar-refractivity contribution is -0.562. The fraction of sp³-hybridized carbons (Fsp3) is 0.909. The van der Waals surface area contributed by atoms with Crippen LogP contribution in [0.3, 0.4) is 0 Å². The molecule has 0 aromatic heterocycles. The molecule has 0 aliphatic rings. The average molecular weight is 231 g/mol. The Bertz CT molecular complexity index is 261. The van der Waals surface area contributed by atoms with E-state index in [9.17, 15) is 14.9 Å². The predicted molar refractivity (Wildman–Crippen MR) is 60.7 cm³/mol. The van der Waals surface area contributed by atoms with Crippen molar-refractivity contribution in [3.63, 3.8) is 0 Å². The molecule has 94 valence electrons. The van der Waals surface area contributed by atoms with Crippen LogP contribution in [0.4, 0.5) is 0 Å². The Hall–Kier alpha value is -1.13. The third-order valence-electron chi connectivity index (χ3n) is 2.61. The van der Waals surface area contributed by atoms with E-state index in [2.05, 4.69) is 0 Å². The smallest absolute Gasteiger partial charge is 0.309 e. The number of rotatable bonds is 6. The number of nitrogens with zero attached hydrogens (tertiary/aromatic N) is 1. The summed E-state index contributed by atoms with van der Waals surface area (Å²) in [5.41, 5.74) is -1.10. The second-order valence-electron chi connectivity index (χ2n) is 4.88. The van der Waals surface area contributed by atoms with Crippen molar-refractivity contribution in [2.75, 3.05) is 6.61 Å². The van der Waals surface area contributed by atoms with E-state index in [1.807, 2.05) is 13.8 Å². The van der Waals surface area contributed by atoms with Crippen LogP contribution in [-0.2, 0) is 9.53 Å². The maximum atomic E-state index is 11.6. The summed E-state index contributed by atoms with van der Waals surface area (Å²) < 4.78 is 4.93. The molecule has 1 atom stereocenters. The highest BCUT2D eigenvalue weighted by Gasteiger charge is 2.38. The summed E-state index contributed by atoms with van der Waals surface area (Å²) in [6.45, 7) is 8.84. The zero-order valence-electron chi connectivity index (χ0n) is 10.6. The van der Waals surface area contributed by atoms with Gasteiger partial charge < -0.3 is 4.74 Å². The molecule has 0 aliphatic carbocycles. The minimum Gasteiger partial charge on any atom is -0.466 e. The summed E-state index contributed by atoms with van der Waals surface area (Å²) in [5, 5.41) is 10.8. The van der Waals surface area contributed by atoms with Crippen LogP contribution < -0.4 is 0 Å². The molecule has 0 N–H and O–H groups in total. The monoisotopic (exact) mass is 231 g/mol. The van der Waals surface area contributed by atoms with Crippen molar-refractivity contribution in [3.8, 4) is 0 Å². The molecule has 5 heteroatoms. The highest BCUT2D eigenvalue weighted by Crippen LogP contribution is 2.26. The third-order valence-corrected chi connectivity index (χ3v) is 2.61. The molecule has 0 fully saturated rings. The van der Waals surface area contributed by atoms with Gasteiger partial charge in [-0.3, -0.25) is 14.9 Å². The topological polar surface area (TPSA) is 69.4 Å². The van der Waals surface area contributed by atoms with Gasteiger partial charge in [-0.05, 0) is 12.8 Å². The Balaban J connectivity index is 4.70. The van der Waals surface area contributed by atoms with E-state index < -0.39 is 11.5 Å². The summed E-state index contributed by atoms with van der Waals surface area (Å²) in [5.74, 6) is -0.717. The van der Waals surface area contributed by atoms with Crippen molar-refractivity contribution in [2.45, 2.75) is 46.6 Å². The number of esters is 1. The van der Waals surface area contributed by atoms with Gasteiger partial charge >= 0.3 is 5.97 Å². The summed E-state index contributed by atoms with van der Waals surface area (Å²) in [6, 6.07) is 0. The summed E-state index contributed by atoms with van der Waals surface area (Å²) in [4.78, 5) is 22.1. The number of nitro groups is 1. The Morgan fingerprint density at radius 3 is 2.25 bits per heavy atom. The highest BCUT2D eigenvalue weighted by atomic mass is 16.6. The molecule has 0 radical (unpaired) electrons. The second kappa shape index (κ2) is 5.82. The maximum Gasteiger partial charge on any atom is 0.309 e. The molecular formula is C11H21NO4. The third kappa shape index (κ3) is 4.16. The van der Waals surface area contributed by atoms with Gasteiger partial charge in [-0.25, -0.2) is 0 Å². The number of hydrogen-bond acceptors (Lipinski definition) is 4. The zero-order valence-corrected chi connectivity index (χ0v) is 10.6. The molecule has 0 spiro atoms. The van der Waals surface area contributed by atoms with Crippen LogP contribution >= 0.6 is 0 Å². The molecule has 0 aliphatic heterocycles. The van der Waals surface area contributed by atoms with Crippen molar-refractivity contribution in [3.05, 3.63) is 10.1 Å². The van der Waals surface area contributed by atoms with E-state index in [0.717, 1.165) is 0 Å². The molecule has 0 amide bonds. The molecule has 16 heavy (non-hydrogen) atoms. The molecule has 5 nitrogen and oxygen atoms in total. The van der Waals surface area contributed by atoms with E-state index in [1.54, 1.807) is 6.92 Å². The van der Waals surface area contributed by atoms with E-state index in [-0.39, 0.29) is 23.2 Å². The Labute approximate surface area is 96.3 Å². The van der Waals surface area contributed by atoms with Gasteiger partial charge in [0.25, 0.3) is 0 Å². The minimum atomic E-state index is -1.10. The van der Waals surface area contributed by atoms with Crippen molar-refractivity contribution in [1.29, 1.82) is 0 Å². The van der Waals surface area contributed by atoms with Gasteiger partial charge in [0.15, 0.2) is 0 Å². The molecule has 1 unspecified atom stereocenters. The second-order valence-corrected chi connectivity index (χ2v) is 4.88. The molecule has 0 saturated heterocycles. The number of hydrogen-bond donors (Lipinski definition) is 0. The standard InChI is InChI=1S/C11H21NO4/c1-6-16-10(13)9(8(2)3)7-11(4,5)12(14)15/h8-9H,6-7H2,1-5H3. The largest absolute Gasteiger partial charge is 0.466 e. The molecule has 0 aromatic carbocycles. The highest BCUT2D eigenvalue weighted by molar-refractivity contribution is 5.72. The molecule has 0 rings (SSSR count). The van der Waals surface area contributed by atoms with Crippen LogP contribution in [0.1, 0.15) is 41.0 Å². The summed E-state index contributed by atoms with van der Waals surface area (Å²) in [6.07, 6.45) is 0.205. The van der Waals surface area contributed by atoms with Crippen molar-refractivity contribution in [2.24, 2.45) is 11.8 Å². The normalized spacial score (nSPS) is 13.6. The van der Waals surface area contributed by atoms with Crippen LogP contribution in [0.25, 0.3) is 0 Å². The number of ether oxygens (including phenoxy) is 1. The number of carbonyl (C=O) groups excluding carboxylic acids is 1. The maximum absolute atomic E-state index is 11.6. The molecule has 0 heterocycles. The van der Waals surface area contributed by atoms with Crippen molar-refractivity contribution < 1.29 is 14.5 Å². The first-order valence-corrected chi connectivity index (χ1v) is 5.53. The molecule has 0 aromatic rings. The van der Waals surface area contributed by atoms with Crippen LogP contribution in [-0.4, -0.2) is 23.0 Å². The summed E-state index contributed by atoms with van der Waals surface area (Å²) >= 11 is 0. The first kappa shape index (κ1) is 14.9. The first-order chi connectivity index (χ1) is 7.22. The predicted octanol–water partition coefficient (Wildman–Crippen LogP) is 2.27. The van der Waals surface area contributed by atoms with Gasteiger partial charge in [0.2, 0.25) is 5.54 Å². The fourth-order valence-electron chi connectivity index (χ4n) is 1.45. The Morgan fingerprint density at radius 1 is 1.44 bits per heavy atom.